The van der Waals surface area contributed by atoms with E-state index in [0.29, 0.717) is 19.0 Å². The Morgan fingerprint density at radius 1 is 1.16 bits per heavy atom. The zero-order valence-corrected chi connectivity index (χ0v) is 14.7. The average Bonchev–Trinajstić information content (AvgIpc) is 2.84. The number of nitrogens with zero attached hydrogens (tertiary/aromatic N) is 4. The minimum Gasteiger partial charge on any atom is -0.492 e. The number of hydrogen-bond acceptors (Lipinski definition) is 6. The first-order valence-corrected chi connectivity index (χ1v) is 8.11. The molecule has 0 unspecified atom stereocenters. The fourth-order valence-corrected chi connectivity index (χ4v) is 2.69. The van der Waals surface area contributed by atoms with Crippen LogP contribution in [0.5, 0.6) is 5.75 Å². The number of nitrogen functional groups attached to an aromatic ring is 1. The molecule has 130 valence electrons. The summed E-state index contributed by atoms with van der Waals surface area (Å²) in [5.41, 5.74) is 9.58. The molecule has 0 fully saturated rings. The fourth-order valence-electron chi connectivity index (χ4n) is 2.69. The molecule has 0 aliphatic rings. The van der Waals surface area contributed by atoms with Crippen LogP contribution < -0.4 is 15.8 Å². The first-order valence-electron chi connectivity index (χ1n) is 8.11. The summed E-state index contributed by atoms with van der Waals surface area (Å²) in [4.78, 5) is 8.60. The maximum absolute atomic E-state index is 5.88. The second-order valence-electron chi connectivity index (χ2n) is 5.75. The van der Waals surface area contributed by atoms with Crippen molar-refractivity contribution in [3.63, 3.8) is 0 Å². The van der Waals surface area contributed by atoms with Crippen molar-refractivity contribution in [1.82, 2.24) is 19.7 Å². The smallest absolute Gasteiger partial charge is 0.222 e. The van der Waals surface area contributed by atoms with E-state index in [1.807, 2.05) is 62.0 Å². The van der Waals surface area contributed by atoms with Crippen LogP contribution in [0.25, 0.3) is 11.3 Å². The van der Waals surface area contributed by atoms with E-state index in [9.17, 15) is 0 Å². The molecular weight excluding hydrogens is 316 g/mol. The molecule has 0 bridgehead atoms. The lowest BCUT2D eigenvalue weighted by Crippen LogP contribution is -2.13. The second kappa shape index (κ2) is 7.21. The minimum absolute atomic E-state index is 0.228. The predicted octanol–water partition coefficient (Wildman–Crippen LogP) is 2.57. The van der Waals surface area contributed by atoms with Crippen molar-refractivity contribution in [2.24, 2.45) is 7.05 Å². The van der Waals surface area contributed by atoms with Crippen LogP contribution in [0.15, 0.2) is 36.4 Å². The summed E-state index contributed by atoms with van der Waals surface area (Å²) in [5, 5.41) is 7.66. The van der Waals surface area contributed by atoms with Gasteiger partial charge in [-0.2, -0.15) is 10.1 Å². The van der Waals surface area contributed by atoms with Crippen molar-refractivity contribution in [2.75, 3.05) is 24.2 Å². The van der Waals surface area contributed by atoms with Gasteiger partial charge in [-0.05, 0) is 26.0 Å². The van der Waals surface area contributed by atoms with Gasteiger partial charge in [-0.1, -0.05) is 18.2 Å². The lowest BCUT2D eigenvalue weighted by Gasteiger charge is -2.10. The molecule has 0 radical (unpaired) electrons. The van der Waals surface area contributed by atoms with Crippen LogP contribution in [-0.4, -0.2) is 32.9 Å². The molecular formula is C18H22N6O. The Morgan fingerprint density at radius 3 is 2.60 bits per heavy atom. The van der Waals surface area contributed by atoms with E-state index >= 15 is 0 Å². The van der Waals surface area contributed by atoms with Gasteiger partial charge >= 0.3 is 0 Å². The van der Waals surface area contributed by atoms with Gasteiger partial charge in [0, 0.05) is 24.4 Å². The highest BCUT2D eigenvalue weighted by atomic mass is 16.5. The Morgan fingerprint density at radius 2 is 1.92 bits per heavy atom. The zero-order valence-electron chi connectivity index (χ0n) is 14.7. The summed E-state index contributed by atoms with van der Waals surface area (Å²) < 4.78 is 7.50. The SMILES string of the molecule is Cc1nn(C)c(C)c1-c1cc(NCCOc2ccccc2)nc(N)n1. The highest BCUT2D eigenvalue weighted by molar-refractivity contribution is 5.68. The van der Waals surface area contributed by atoms with Crippen LogP contribution >= 0.6 is 0 Å². The van der Waals surface area contributed by atoms with Gasteiger partial charge in [-0.15, -0.1) is 0 Å². The van der Waals surface area contributed by atoms with Crippen LogP contribution in [0.2, 0.25) is 0 Å². The summed E-state index contributed by atoms with van der Waals surface area (Å²) in [7, 11) is 1.91. The van der Waals surface area contributed by atoms with Crippen molar-refractivity contribution >= 4 is 11.8 Å². The van der Waals surface area contributed by atoms with E-state index in [-0.39, 0.29) is 5.95 Å². The Balaban J connectivity index is 1.69. The number of para-hydroxylation sites is 1. The number of nitrogens with two attached hydrogens (primary N) is 1. The van der Waals surface area contributed by atoms with Crippen molar-refractivity contribution in [3.8, 4) is 17.0 Å². The van der Waals surface area contributed by atoms with E-state index in [2.05, 4.69) is 20.4 Å². The molecule has 0 aliphatic carbocycles. The van der Waals surface area contributed by atoms with E-state index < -0.39 is 0 Å². The summed E-state index contributed by atoms with van der Waals surface area (Å²) in [5.74, 6) is 1.74. The molecule has 1 aromatic carbocycles. The molecule has 0 aliphatic heterocycles. The lowest BCUT2D eigenvalue weighted by molar-refractivity contribution is 0.333. The van der Waals surface area contributed by atoms with Crippen LogP contribution in [0.1, 0.15) is 11.4 Å². The van der Waals surface area contributed by atoms with Gasteiger partial charge in [0.25, 0.3) is 0 Å². The van der Waals surface area contributed by atoms with Gasteiger partial charge in [-0.25, -0.2) is 4.98 Å². The van der Waals surface area contributed by atoms with Crippen LogP contribution in [0.4, 0.5) is 11.8 Å². The summed E-state index contributed by atoms with van der Waals surface area (Å²) in [6, 6.07) is 11.6. The molecule has 3 rings (SSSR count). The maximum Gasteiger partial charge on any atom is 0.222 e. The molecule has 0 spiro atoms. The van der Waals surface area contributed by atoms with Gasteiger partial charge in [0.2, 0.25) is 5.95 Å². The number of benzene rings is 1. The molecule has 3 N–H and O–H groups in total. The van der Waals surface area contributed by atoms with Crippen molar-refractivity contribution in [3.05, 3.63) is 47.8 Å². The summed E-state index contributed by atoms with van der Waals surface area (Å²) >= 11 is 0. The first kappa shape index (κ1) is 16.8. The van der Waals surface area contributed by atoms with Crippen molar-refractivity contribution < 1.29 is 4.74 Å². The predicted molar refractivity (Wildman–Crippen MR) is 98.5 cm³/mol. The minimum atomic E-state index is 0.228. The van der Waals surface area contributed by atoms with E-state index in [0.717, 1.165) is 28.4 Å². The molecule has 2 aromatic heterocycles. The van der Waals surface area contributed by atoms with Gasteiger partial charge in [-0.3, -0.25) is 4.68 Å². The molecule has 2 heterocycles. The standard InChI is InChI=1S/C18H22N6O/c1-12-17(13(2)24(3)23-12)15-11-16(22-18(19)21-15)20-9-10-25-14-7-5-4-6-8-14/h4-8,11H,9-10H2,1-3H3,(H3,19,20,21,22). The van der Waals surface area contributed by atoms with Crippen LogP contribution in [0.3, 0.4) is 0 Å². The quantitative estimate of drug-likeness (QED) is 0.671. The second-order valence-corrected chi connectivity index (χ2v) is 5.75. The Kier molecular flexibility index (Phi) is 4.83. The largest absolute Gasteiger partial charge is 0.492 e. The third-order valence-electron chi connectivity index (χ3n) is 3.93. The monoisotopic (exact) mass is 338 g/mol. The lowest BCUT2D eigenvalue weighted by atomic mass is 10.1. The number of anilines is 2. The number of hydrogen-bond donors (Lipinski definition) is 2. The van der Waals surface area contributed by atoms with Crippen LogP contribution in [-0.2, 0) is 7.05 Å². The highest BCUT2D eigenvalue weighted by Crippen LogP contribution is 2.26. The molecule has 7 nitrogen and oxygen atoms in total. The Bertz CT molecular complexity index is 860. The molecule has 0 saturated carbocycles. The molecule has 7 heteroatoms. The fraction of sp³-hybridized carbons (Fsp3) is 0.278. The average molecular weight is 338 g/mol. The Labute approximate surface area is 146 Å². The molecule has 0 saturated heterocycles. The van der Waals surface area contributed by atoms with E-state index in [1.54, 1.807) is 0 Å². The van der Waals surface area contributed by atoms with Crippen LogP contribution in [0, 0.1) is 13.8 Å². The molecule has 25 heavy (non-hydrogen) atoms. The van der Waals surface area contributed by atoms with Gasteiger partial charge in [0.15, 0.2) is 0 Å². The molecule has 0 amide bonds. The number of rotatable bonds is 6. The normalized spacial score (nSPS) is 10.7. The zero-order chi connectivity index (χ0) is 17.8. The number of aromatic nitrogens is 4. The highest BCUT2D eigenvalue weighted by Gasteiger charge is 2.14. The maximum atomic E-state index is 5.88. The number of aryl methyl sites for hydroxylation is 2. The van der Waals surface area contributed by atoms with Crippen molar-refractivity contribution in [1.29, 1.82) is 0 Å². The topological polar surface area (TPSA) is 90.9 Å². The first-order chi connectivity index (χ1) is 12.0. The Hall–Kier alpha value is -3.09. The third-order valence-corrected chi connectivity index (χ3v) is 3.93. The van der Waals surface area contributed by atoms with Gasteiger partial charge < -0.3 is 15.8 Å². The van der Waals surface area contributed by atoms with E-state index in [1.165, 1.54) is 0 Å². The number of ether oxygens (including phenoxy) is 1. The molecule has 0 atom stereocenters. The molecule has 3 aromatic rings. The van der Waals surface area contributed by atoms with Gasteiger partial charge in [0.05, 0.1) is 17.9 Å². The number of nitrogens with one attached hydrogen (secondary N) is 1. The summed E-state index contributed by atoms with van der Waals surface area (Å²) in [6.45, 7) is 5.10. The summed E-state index contributed by atoms with van der Waals surface area (Å²) in [6.07, 6.45) is 0. The van der Waals surface area contributed by atoms with Gasteiger partial charge in [0.1, 0.15) is 18.2 Å². The third kappa shape index (κ3) is 3.88. The van der Waals surface area contributed by atoms with Crippen molar-refractivity contribution in [2.45, 2.75) is 13.8 Å². The van der Waals surface area contributed by atoms with E-state index in [4.69, 9.17) is 10.5 Å².